The van der Waals surface area contributed by atoms with E-state index in [2.05, 4.69) is 43.2 Å². The van der Waals surface area contributed by atoms with E-state index in [1.807, 2.05) is 6.07 Å². The highest BCUT2D eigenvalue weighted by molar-refractivity contribution is 5.92. The highest BCUT2D eigenvalue weighted by Gasteiger charge is 1.97. The molecule has 0 aliphatic carbocycles. The number of unbranched alkanes of at least 4 members (excludes halogenated alkanes) is 1. The summed E-state index contributed by atoms with van der Waals surface area (Å²) in [6.45, 7) is 7.12. The minimum atomic E-state index is 0.497. The first-order valence-corrected chi connectivity index (χ1v) is 5.77. The van der Waals surface area contributed by atoms with E-state index in [9.17, 15) is 0 Å². The van der Waals surface area contributed by atoms with Gasteiger partial charge in [0.25, 0.3) is 0 Å². The van der Waals surface area contributed by atoms with Crippen molar-refractivity contribution in [1.29, 1.82) is 0 Å². The zero-order chi connectivity index (χ0) is 12.0. The summed E-state index contributed by atoms with van der Waals surface area (Å²) < 4.78 is 0. The Bertz CT molecular complexity index is 369. The zero-order valence-corrected chi connectivity index (χ0v) is 10.4. The lowest BCUT2D eigenvalue weighted by atomic mass is 10.1. The van der Waals surface area contributed by atoms with Gasteiger partial charge >= 0.3 is 0 Å². The molecule has 1 rings (SSSR count). The van der Waals surface area contributed by atoms with Gasteiger partial charge in [-0.3, -0.25) is 4.99 Å². The van der Waals surface area contributed by atoms with Crippen LogP contribution in [0.4, 0.5) is 5.69 Å². The van der Waals surface area contributed by atoms with Gasteiger partial charge < -0.3 is 11.1 Å². The Morgan fingerprint density at radius 2 is 2.06 bits per heavy atom. The molecule has 0 bridgehead atoms. The standard InChI is InChI=1S/C13H21N3/c1-4-5-8-15-13(14)16-12-7-6-10(2)11(3)9-12/h6-7,9H,4-5,8H2,1-3H3,(H3,14,15,16). The van der Waals surface area contributed by atoms with Crippen molar-refractivity contribution < 1.29 is 0 Å². The third-order valence-electron chi connectivity index (χ3n) is 2.57. The molecule has 0 aromatic heterocycles. The molecule has 1 aromatic rings. The van der Waals surface area contributed by atoms with Crippen LogP contribution in [0.2, 0.25) is 0 Å². The van der Waals surface area contributed by atoms with E-state index in [1.54, 1.807) is 0 Å². The summed E-state index contributed by atoms with van der Waals surface area (Å²) in [5.74, 6) is 0.497. The first kappa shape index (κ1) is 12.6. The topological polar surface area (TPSA) is 50.4 Å². The summed E-state index contributed by atoms with van der Waals surface area (Å²) in [5, 5.41) is 3.10. The van der Waals surface area contributed by atoms with Gasteiger partial charge in [0, 0.05) is 12.2 Å². The summed E-state index contributed by atoms with van der Waals surface area (Å²) in [6, 6.07) is 6.18. The Morgan fingerprint density at radius 3 is 2.69 bits per heavy atom. The van der Waals surface area contributed by atoms with E-state index in [1.165, 1.54) is 11.1 Å². The molecule has 3 heteroatoms. The molecule has 0 fully saturated rings. The molecule has 1 aromatic carbocycles. The number of rotatable bonds is 4. The summed E-state index contributed by atoms with van der Waals surface area (Å²) in [7, 11) is 0. The predicted molar refractivity (Wildman–Crippen MR) is 70.9 cm³/mol. The fraction of sp³-hybridized carbons (Fsp3) is 0.462. The van der Waals surface area contributed by atoms with E-state index in [-0.39, 0.29) is 0 Å². The van der Waals surface area contributed by atoms with E-state index < -0.39 is 0 Å². The molecule has 88 valence electrons. The number of nitrogens with two attached hydrogens (primary N) is 1. The Hall–Kier alpha value is -1.51. The van der Waals surface area contributed by atoms with Crippen LogP contribution in [0.5, 0.6) is 0 Å². The maximum absolute atomic E-state index is 5.77. The Morgan fingerprint density at radius 1 is 1.31 bits per heavy atom. The van der Waals surface area contributed by atoms with Crippen LogP contribution in [0.15, 0.2) is 23.2 Å². The summed E-state index contributed by atoms with van der Waals surface area (Å²) in [6.07, 6.45) is 2.22. The number of nitrogens with one attached hydrogen (secondary N) is 1. The second kappa shape index (κ2) is 6.16. The van der Waals surface area contributed by atoms with Crippen LogP contribution in [-0.2, 0) is 0 Å². The molecular formula is C13H21N3. The Labute approximate surface area is 97.8 Å². The number of guanidine groups is 1. The van der Waals surface area contributed by atoms with E-state index in [4.69, 9.17) is 5.73 Å². The molecule has 0 heterocycles. The highest BCUT2D eigenvalue weighted by Crippen LogP contribution is 2.13. The molecule has 3 N–H and O–H groups in total. The monoisotopic (exact) mass is 219 g/mol. The van der Waals surface area contributed by atoms with Crippen molar-refractivity contribution in [3.05, 3.63) is 29.3 Å². The van der Waals surface area contributed by atoms with Crippen LogP contribution in [0.3, 0.4) is 0 Å². The lowest BCUT2D eigenvalue weighted by molar-refractivity contribution is 0.807. The molecule has 0 radical (unpaired) electrons. The summed E-state index contributed by atoms with van der Waals surface area (Å²) in [5.41, 5.74) is 9.31. The van der Waals surface area contributed by atoms with Crippen LogP contribution >= 0.6 is 0 Å². The third-order valence-corrected chi connectivity index (χ3v) is 2.57. The van der Waals surface area contributed by atoms with E-state index in [0.717, 1.165) is 25.1 Å². The minimum absolute atomic E-state index is 0.497. The average molecular weight is 219 g/mol. The molecule has 0 aliphatic heterocycles. The van der Waals surface area contributed by atoms with Gasteiger partial charge in [0.05, 0.1) is 0 Å². The molecular weight excluding hydrogens is 198 g/mol. The lowest BCUT2D eigenvalue weighted by Crippen LogP contribution is -2.22. The van der Waals surface area contributed by atoms with E-state index in [0.29, 0.717) is 5.96 Å². The van der Waals surface area contributed by atoms with Crippen molar-refractivity contribution in [3.8, 4) is 0 Å². The van der Waals surface area contributed by atoms with Gasteiger partial charge in [-0.1, -0.05) is 19.4 Å². The lowest BCUT2D eigenvalue weighted by Gasteiger charge is -2.07. The minimum Gasteiger partial charge on any atom is -0.370 e. The second-order valence-corrected chi connectivity index (χ2v) is 4.04. The quantitative estimate of drug-likeness (QED) is 0.465. The molecule has 16 heavy (non-hydrogen) atoms. The number of aliphatic imine (C=N–C) groups is 1. The molecule has 0 unspecified atom stereocenters. The molecule has 0 saturated heterocycles. The molecule has 0 atom stereocenters. The molecule has 0 saturated carbocycles. The number of nitrogens with zero attached hydrogens (tertiary/aromatic N) is 1. The molecule has 0 aliphatic rings. The van der Waals surface area contributed by atoms with Gasteiger partial charge in [-0.15, -0.1) is 0 Å². The van der Waals surface area contributed by atoms with Gasteiger partial charge in [0.1, 0.15) is 0 Å². The van der Waals surface area contributed by atoms with Gasteiger partial charge in [-0.25, -0.2) is 0 Å². The van der Waals surface area contributed by atoms with Crippen molar-refractivity contribution >= 4 is 11.6 Å². The van der Waals surface area contributed by atoms with Crippen molar-refractivity contribution in [2.75, 3.05) is 11.9 Å². The van der Waals surface area contributed by atoms with E-state index >= 15 is 0 Å². The summed E-state index contributed by atoms with van der Waals surface area (Å²) in [4.78, 5) is 4.24. The maximum Gasteiger partial charge on any atom is 0.193 e. The normalized spacial score (nSPS) is 11.6. The van der Waals surface area contributed by atoms with Crippen LogP contribution < -0.4 is 11.1 Å². The van der Waals surface area contributed by atoms with Crippen molar-refractivity contribution in [1.82, 2.24) is 0 Å². The van der Waals surface area contributed by atoms with Crippen LogP contribution in [-0.4, -0.2) is 12.5 Å². The number of hydrogen-bond donors (Lipinski definition) is 2. The molecule has 0 amide bonds. The second-order valence-electron chi connectivity index (χ2n) is 4.04. The van der Waals surface area contributed by atoms with Crippen LogP contribution in [0, 0.1) is 13.8 Å². The Kier molecular flexibility index (Phi) is 4.83. The maximum atomic E-state index is 5.77. The van der Waals surface area contributed by atoms with Gasteiger partial charge in [-0.05, 0) is 43.5 Å². The predicted octanol–water partition coefficient (Wildman–Crippen LogP) is 2.83. The SMILES string of the molecule is CCCCN=C(N)Nc1ccc(C)c(C)c1. The smallest absolute Gasteiger partial charge is 0.193 e. The number of hydrogen-bond acceptors (Lipinski definition) is 1. The number of benzene rings is 1. The number of aryl methyl sites for hydroxylation is 2. The van der Waals surface area contributed by atoms with Gasteiger partial charge in [-0.2, -0.15) is 0 Å². The van der Waals surface area contributed by atoms with Crippen LogP contribution in [0.1, 0.15) is 30.9 Å². The van der Waals surface area contributed by atoms with Gasteiger partial charge in [0.2, 0.25) is 0 Å². The fourth-order valence-electron chi connectivity index (χ4n) is 1.36. The Balaban J connectivity index is 2.59. The average Bonchev–Trinajstić information content (AvgIpc) is 2.24. The van der Waals surface area contributed by atoms with Crippen LogP contribution in [0.25, 0.3) is 0 Å². The zero-order valence-electron chi connectivity index (χ0n) is 10.4. The highest BCUT2D eigenvalue weighted by atomic mass is 15.1. The summed E-state index contributed by atoms with van der Waals surface area (Å²) >= 11 is 0. The first-order valence-electron chi connectivity index (χ1n) is 5.77. The van der Waals surface area contributed by atoms with Crippen molar-refractivity contribution in [2.45, 2.75) is 33.6 Å². The van der Waals surface area contributed by atoms with Gasteiger partial charge in [0.15, 0.2) is 5.96 Å². The first-order chi connectivity index (χ1) is 7.63. The van der Waals surface area contributed by atoms with Crippen molar-refractivity contribution in [3.63, 3.8) is 0 Å². The van der Waals surface area contributed by atoms with Crippen molar-refractivity contribution in [2.24, 2.45) is 10.7 Å². The fourth-order valence-corrected chi connectivity index (χ4v) is 1.36. The number of anilines is 1. The third kappa shape index (κ3) is 3.93. The largest absolute Gasteiger partial charge is 0.370 e. The molecule has 0 spiro atoms. The molecule has 3 nitrogen and oxygen atoms in total.